The van der Waals surface area contributed by atoms with Crippen molar-refractivity contribution in [3.63, 3.8) is 0 Å². The van der Waals surface area contributed by atoms with E-state index in [9.17, 15) is 9.59 Å². The van der Waals surface area contributed by atoms with Gasteiger partial charge in [0.2, 0.25) is 0 Å². The summed E-state index contributed by atoms with van der Waals surface area (Å²) in [5, 5.41) is 12.3. The number of carbonyl (C=O) groups is 2. The highest BCUT2D eigenvalue weighted by molar-refractivity contribution is 8.26. The van der Waals surface area contributed by atoms with Gasteiger partial charge < -0.3 is 10.4 Å². The Morgan fingerprint density at radius 1 is 1.37 bits per heavy atom. The van der Waals surface area contributed by atoms with E-state index in [1.54, 1.807) is 0 Å². The summed E-state index contributed by atoms with van der Waals surface area (Å²) in [6, 6.07) is 6.36. The highest BCUT2D eigenvalue weighted by atomic mass is 32.2. The molecule has 144 valence electrons. The first-order chi connectivity index (χ1) is 13.0. The molecular formula is C20H24N2O3S2. The van der Waals surface area contributed by atoms with Gasteiger partial charge in [0.25, 0.3) is 5.91 Å². The average molecular weight is 405 g/mol. The molecule has 1 aromatic rings. The molecule has 2 N–H and O–H groups in total. The van der Waals surface area contributed by atoms with Crippen LogP contribution in [-0.2, 0) is 16.0 Å². The Kier molecular flexibility index (Phi) is 6.55. The molecule has 0 unspecified atom stereocenters. The number of thiocarbonyl (C=S) groups is 1. The Bertz CT molecular complexity index is 804. The number of nitrogens with zero attached hydrogens (tertiary/aromatic N) is 1. The molecule has 1 fully saturated rings. The number of rotatable bonds is 7. The minimum atomic E-state index is -0.929. The Labute approximate surface area is 169 Å². The van der Waals surface area contributed by atoms with Crippen molar-refractivity contribution in [1.82, 2.24) is 4.90 Å². The fourth-order valence-electron chi connectivity index (χ4n) is 3.39. The van der Waals surface area contributed by atoms with Crippen LogP contribution in [0.5, 0.6) is 0 Å². The van der Waals surface area contributed by atoms with Gasteiger partial charge in [-0.25, -0.2) is 0 Å². The maximum atomic E-state index is 12.9. The smallest absolute Gasteiger partial charge is 0.305 e. The lowest BCUT2D eigenvalue weighted by Crippen LogP contribution is -2.30. The molecule has 0 saturated carbocycles. The van der Waals surface area contributed by atoms with Crippen LogP contribution < -0.4 is 5.32 Å². The number of carbonyl (C=O) groups excluding carboxylic acids is 1. The van der Waals surface area contributed by atoms with Crippen molar-refractivity contribution in [3.8, 4) is 0 Å². The molecule has 7 heteroatoms. The summed E-state index contributed by atoms with van der Waals surface area (Å²) in [5.41, 5.74) is 4.56. The van der Waals surface area contributed by atoms with E-state index in [-0.39, 0.29) is 18.9 Å². The van der Waals surface area contributed by atoms with E-state index in [2.05, 4.69) is 30.4 Å². The van der Waals surface area contributed by atoms with Crippen LogP contribution in [0.25, 0.3) is 5.57 Å². The first-order valence-corrected chi connectivity index (χ1v) is 10.6. The maximum Gasteiger partial charge on any atom is 0.305 e. The fourth-order valence-corrected chi connectivity index (χ4v) is 4.81. The Morgan fingerprint density at radius 2 is 2.19 bits per heavy atom. The molecule has 0 radical (unpaired) electrons. The summed E-state index contributed by atoms with van der Waals surface area (Å²) in [6.07, 6.45) is 4.88. The van der Waals surface area contributed by atoms with Gasteiger partial charge in [-0.05, 0) is 54.5 Å². The molecule has 27 heavy (non-hydrogen) atoms. The van der Waals surface area contributed by atoms with Gasteiger partial charge in [0.15, 0.2) is 0 Å². The van der Waals surface area contributed by atoms with Gasteiger partial charge in [-0.2, -0.15) is 0 Å². The summed E-state index contributed by atoms with van der Waals surface area (Å²) >= 11 is 6.66. The van der Waals surface area contributed by atoms with Crippen LogP contribution in [0, 0.1) is 0 Å². The Hall–Kier alpha value is -1.86. The van der Waals surface area contributed by atoms with Crippen LogP contribution in [0.2, 0.25) is 0 Å². The highest BCUT2D eigenvalue weighted by Gasteiger charge is 2.34. The standard InChI is InChI=1S/C20H24N2O3S2/c1-2-3-6-15(13-7-8-16-14(12-13)5-4-10-21-16)18-19(25)22(20(26)27-18)11-9-17(23)24/h7-8,12,21H,2-6,9-11H2,1H3,(H,23,24)/b18-15-. The first-order valence-electron chi connectivity index (χ1n) is 9.37. The van der Waals surface area contributed by atoms with Crippen molar-refractivity contribution in [2.45, 2.75) is 45.4 Å². The van der Waals surface area contributed by atoms with Gasteiger partial charge >= 0.3 is 5.97 Å². The summed E-state index contributed by atoms with van der Waals surface area (Å²) in [4.78, 5) is 25.9. The number of hydrogen-bond donors (Lipinski definition) is 2. The quantitative estimate of drug-likeness (QED) is 0.522. The summed E-state index contributed by atoms with van der Waals surface area (Å²) in [5.74, 6) is -1.09. The summed E-state index contributed by atoms with van der Waals surface area (Å²) in [6.45, 7) is 3.25. The molecule has 0 aliphatic carbocycles. The van der Waals surface area contributed by atoms with Crippen LogP contribution in [0.1, 0.15) is 50.2 Å². The molecular weight excluding hydrogens is 380 g/mol. The Balaban J connectivity index is 1.95. The van der Waals surface area contributed by atoms with Gasteiger partial charge in [-0.3, -0.25) is 14.5 Å². The second-order valence-corrected chi connectivity index (χ2v) is 8.43. The normalized spacial score (nSPS) is 18.3. The van der Waals surface area contributed by atoms with Crippen LogP contribution in [0.15, 0.2) is 23.1 Å². The van der Waals surface area contributed by atoms with E-state index >= 15 is 0 Å². The van der Waals surface area contributed by atoms with Crippen LogP contribution in [0.4, 0.5) is 5.69 Å². The third-order valence-corrected chi connectivity index (χ3v) is 6.34. The number of fused-ring (bicyclic) bond motifs is 1. The molecule has 0 atom stereocenters. The number of amides is 1. The monoisotopic (exact) mass is 404 g/mol. The minimum Gasteiger partial charge on any atom is -0.481 e. The number of carboxylic acid groups (broad SMARTS) is 1. The summed E-state index contributed by atoms with van der Waals surface area (Å²) in [7, 11) is 0. The zero-order valence-corrected chi connectivity index (χ0v) is 17.0. The van der Waals surface area contributed by atoms with E-state index in [4.69, 9.17) is 17.3 Å². The molecule has 2 aliphatic heterocycles. The van der Waals surface area contributed by atoms with Crippen molar-refractivity contribution in [2.75, 3.05) is 18.4 Å². The van der Waals surface area contributed by atoms with Crippen molar-refractivity contribution in [1.29, 1.82) is 0 Å². The van der Waals surface area contributed by atoms with Gasteiger partial charge in [-0.15, -0.1) is 0 Å². The van der Waals surface area contributed by atoms with Crippen LogP contribution in [0.3, 0.4) is 0 Å². The lowest BCUT2D eigenvalue weighted by atomic mass is 9.94. The third-order valence-electron chi connectivity index (χ3n) is 4.84. The predicted molar refractivity (Wildman–Crippen MR) is 114 cm³/mol. The SMILES string of the molecule is CCCC/C(=C1/SC(=S)N(CCC(=O)O)C1=O)c1ccc2c(c1)CCCN2. The number of unbranched alkanes of at least 4 members (excludes halogenated alkanes) is 1. The highest BCUT2D eigenvalue weighted by Crippen LogP contribution is 2.40. The topological polar surface area (TPSA) is 69.6 Å². The van der Waals surface area contributed by atoms with Crippen molar-refractivity contribution >= 4 is 51.4 Å². The van der Waals surface area contributed by atoms with Gasteiger partial charge in [0.1, 0.15) is 4.32 Å². The van der Waals surface area contributed by atoms with Crippen molar-refractivity contribution in [2.24, 2.45) is 0 Å². The lowest BCUT2D eigenvalue weighted by molar-refractivity contribution is -0.137. The van der Waals surface area contributed by atoms with Gasteiger partial charge in [0.05, 0.1) is 11.3 Å². The lowest BCUT2D eigenvalue weighted by Gasteiger charge is -2.20. The van der Waals surface area contributed by atoms with E-state index in [0.29, 0.717) is 9.23 Å². The van der Waals surface area contributed by atoms with Gasteiger partial charge in [0, 0.05) is 18.8 Å². The van der Waals surface area contributed by atoms with Crippen molar-refractivity contribution in [3.05, 3.63) is 34.2 Å². The predicted octanol–water partition coefficient (Wildman–Crippen LogP) is 4.28. The first kappa shape index (κ1) is 19.9. The number of thioether (sulfide) groups is 1. The zero-order chi connectivity index (χ0) is 19.4. The average Bonchev–Trinajstić information content (AvgIpc) is 2.94. The number of allylic oxidation sites excluding steroid dienone is 1. The zero-order valence-electron chi connectivity index (χ0n) is 15.4. The molecule has 1 saturated heterocycles. The van der Waals surface area contributed by atoms with E-state index in [0.717, 1.165) is 49.8 Å². The second kappa shape index (κ2) is 8.89. The number of nitrogens with one attached hydrogen (secondary N) is 1. The second-order valence-electron chi connectivity index (χ2n) is 6.78. The number of aryl methyl sites for hydroxylation is 1. The molecule has 0 spiro atoms. The Morgan fingerprint density at radius 3 is 2.93 bits per heavy atom. The molecule has 5 nitrogen and oxygen atoms in total. The van der Waals surface area contributed by atoms with Gasteiger partial charge in [-0.1, -0.05) is 43.4 Å². The number of aliphatic carboxylic acids is 1. The largest absolute Gasteiger partial charge is 0.481 e. The fraction of sp³-hybridized carbons (Fsp3) is 0.450. The van der Waals surface area contributed by atoms with Crippen molar-refractivity contribution < 1.29 is 14.7 Å². The number of anilines is 1. The molecule has 2 aliphatic rings. The van der Waals surface area contributed by atoms with E-state index in [1.165, 1.54) is 27.9 Å². The third kappa shape index (κ3) is 4.52. The number of carboxylic acids is 1. The molecule has 1 aromatic carbocycles. The molecule has 1 amide bonds. The summed E-state index contributed by atoms with van der Waals surface area (Å²) < 4.78 is 0.449. The molecule has 0 bridgehead atoms. The van der Waals surface area contributed by atoms with E-state index < -0.39 is 5.97 Å². The van der Waals surface area contributed by atoms with E-state index in [1.807, 2.05) is 0 Å². The minimum absolute atomic E-state index is 0.103. The number of hydrogen-bond acceptors (Lipinski definition) is 5. The number of benzene rings is 1. The van der Waals surface area contributed by atoms with Crippen LogP contribution >= 0.6 is 24.0 Å². The molecule has 0 aromatic heterocycles. The molecule has 3 rings (SSSR count). The maximum absolute atomic E-state index is 12.9. The molecule has 2 heterocycles. The van der Waals surface area contributed by atoms with Crippen LogP contribution in [-0.4, -0.2) is 39.3 Å².